The summed E-state index contributed by atoms with van der Waals surface area (Å²) < 4.78 is 42.6. The number of hydrogen-bond acceptors (Lipinski definition) is 8. The number of carbonyl (C=O) groups excluding carboxylic acids is 1. The molecule has 0 aliphatic carbocycles. The molecule has 0 bridgehead atoms. The van der Waals surface area contributed by atoms with E-state index >= 15 is 0 Å². The summed E-state index contributed by atoms with van der Waals surface area (Å²) in [6.45, 7) is 2.58. The molecule has 0 saturated carbocycles. The van der Waals surface area contributed by atoms with E-state index in [1.807, 2.05) is 6.92 Å². The summed E-state index contributed by atoms with van der Waals surface area (Å²) in [6, 6.07) is 10.8. The van der Waals surface area contributed by atoms with E-state index in [1.165, 1.54) is 28.6 Å². The van der Waals surface area contributed by atoms with Crippen molar-refractivity contribution in [2.45, 2.75) is 24.7 Å². The Morgan fingerprint density at radius 2 is 1.84 bits per heavy atom. The zero-order chi connectivity index (χ0) is 22.7. The second-order valence-electron chi connectivity index (χ2n) is 7.14. The maximum atomic E-state index is 12.6. The quantitative estimate of drug-likeness (QED) is 0.546. The Labute approximate surface area is 185 Å². The minimum absolute atomic E-state index is 0.0846. The molecule has 2 aromatic carbocycles. The average Bonchev–Trinajstić information content (AvgIpc) is 3.46. The normalized spacial score (nSPS) is 12.8. The van der Waals surface area contributed by atoms with Gasteiger partial charge in [0.05, 0.1) is 4.90 Å². The molecule has 1 aliphatic rings. The predicted octanol–water partition coefficient (Wildman–Crippen LogP) is 3.14. The van der Waals surface area contributed by atoms with E-state index < -0.39 is 15.9 Å². The summed E-state index contributed by atoms with van der Waals surface area (Å²) in [4.78, 5) is 12.6. The highest BCUT2D eigenvalue weighted by molar-refractivity contribution is 7.89. The molecule has 3 aromatic rings. The van der Waals surface area contributed by atoms with Crippen LogP contribution in [0.25, 0.3) is 11.5 Å². The number of unbranched alkanes of at least 4 members (excludes halogenated alkanes) is 1. The highest BCUT2D eigenvalue weighted by atomic mass is 32.2. The highest BCUT2D eigenvalue weighted by Crippen LogP contribution is 2.35. The van der Waals surface area contributed by atoms with Crippen molar-refractivity contribution in [1.29, 1.82) is 0 Å². The SMILES string of the molecule is CCCCN(C)S(=O)(=O)c1ccc(C(=O)Nc2nnc(-c3ccc4c(c3)OCO4)o2)cc1. The van der Waals surface area contributed by atoms with E-state index in [1.54, 1.807) is 25.2 Å². The zero-order valence-corrected chi connectivity index (χ0v) is 18.4. The Morgan fingerprint density at radius 1 is 1.09 bits per heavy atom. The lowest BCUT2D eigenvalue weighted by Crippen LogP contribution is -2.28. The Hall–Kier alpha value is -3.44. The highest BCUT2D eigenvalue weighted by Gasteiger charge is 2.21. The van der Waals surface area contributed by atoms with Crippen LogP contribution in [0.1, 0.15) is 30.1 Å². The Balaban J connectivity index is 1.43. The molecule has 0 spiro atoms. The minimum Gasteiger partial charge on any atom is -0.454 e. The lowest BCUT2D eigenvalue weighted by molar-refractivity contribution is 0.102. The molecule has 1 amide bonds. The molecule has 0 atom stereocenters. The maximum Gasteiger partial charge on any atom is 0.322 e. The van der Waals surface area contributed by atoms with Gasteiger partial charge in [-0.15, -0.1) is 5.10 Å². The summed E-state index contributed by atoms with van der Waals surface area (Å²) in [5.74, 6) is 0.898. The summed E-state index contributed by atoms with van der Waals surface area (Å²) >= 11 is 0. The fraction of sp³-hybridized carbons (Fsp3) is 0.286. The second-order valence-corrected chi connectivity index (χ2v) is 9.18. The number of ether oxygens (including phenoxy) is 2. The van der Waals surface area contributed by atoms with E-state index in [0.29, 0.717) is 23.6 Å². The molecule has 1 aliphatic heterocycles. The first kappa shape index (κ1) is 21.8. The number of amides is 1. The van der Waals surface area contributed by atoms with Crippen LogP contribution in [0, 0.1) is 0 Å². The molecule has 0 unspecified atom stereocenters. The summed E-state index contributed by atoms with van der Waals surface area (Å²) in [7, 11) is -2.06. The van der Waals surface area contributed by atoms with E-state index in [0.717, 1.165) is 12.8 Å². The number of carbonyl (C=O) groups is 1. The van der Waals surface area contributed by atoms with Crippen LogP contribution in [0.5, 0.6) is 11.5 Å². The van der Waals surface area contributed by atoms with E-state index in [-0.39, 0.29) is 29.2 Å². The molecule has 10 nitrogen and oxygen atoms in total. The van der Waals surface area contributed by atoms with Crippen LogP contribution in [0.2, 0.25) is 0 Å². The van der Waals surface area contributed by atoms with Crippen LogP contribution >= 0.6 is 0 Å². The van der Waals surface area contributed by atoms with Gasteiger partial charge in [0.1, 0.15) is 0 Å². The zero-order valence-electron chi connectivity index (χ0n) is 17.6. The average molecular weight is 458 g/mol. The molecular weight excluding hydrogens is 436 g/mol. The monoisotopic (exact) mass is 458 g/mol. The third-order valence-electron chi connectivity index (χ3n) is 4.92. The number of nitrogens with one attached hydrogen (secondary N) is 1. The van der Waals surface area contributed by atoms with E-state index in [9.17, 15) is 13.2 Å². The standard InChI is InChI=1S/C21H22N4O6S/c1-3-4-11-25(2)32(27,28)16-8-5-14(6-9-16)19(26)22-21-24-23-20(31-21)15-7-10-17-18(12-15)30-13-29-17/h5-10,12H,3-4,11,13H2,1-2H3,(H,22,24,26). The smallest absolute Gasteiger partial charge is 0.322 e. The first-order valence-electron chi connectivity index (χ1n) is 10.00. The summed E-state index contributed by atoms with van der Waals surface area (Å²) in [5, 5.41) is 10.3. The summed E-state index contributed by atoms with van der Waals surface area (Å²) in [6.07, 6.45) is 1.67. The minimum atomic E-state index is -3.60. The third-order valence-corrected chi connectivity index (χ3v) is 6.79. The van der Waals surface area contributed by atoms with Gasteiger partial charge in [-0.25, -0.2) is 12.7 Å². The Morgan fingerprint density at radius 3 is 2.59 bits per heavy atom. The molecule has 2 heterocycles. The van der Waals surface area contributed by atoms with Crippen LogP contribution in [-0.4, -0.2) is 49.2 Å². The largest absolute Gasteiger partial charge is 0.454 e. The lowest BCUT2D eigenvalue weighted by atomic mass is 10.2. The van der Waals surface area contributed by atoms with Gasteiger partial charge in [0, 0.05) is 24.7 Å². The van der Waals surface area contributed by atoms with Gasteiger partial charge in [-0.2, -0.15) is 0 Å². The molecular formula is C21H22N4O6S. The van der Waals surface area contributed by atoms with Crippen molar-refractivity contribution in [1.82, 2.24) is 14.5 Å². The first-order chi connectivity index (χ1) is 15.4. The van der Waals surface area contributed by atoms with Crippen molar-refractivity contribution in [2.75, 3.05) is 25.7 Å². The number of rotatable bonds is 8. The predicted molar refractivity (Wildman–Crippen MR) is 115 cm³/mol. The van der Waals surface area contributed by atoms with Gasteiger partial charge in [0.25, 0.3) is 5.91 Å². The van der Waals surface area contributed by atoms with Crippen molar-refractivity contribution in [2.24, 2.45) is 0 Å². The molecule has 0 fully saturated rings. The fourth-order valence-electron chi connectivity index (χ4n) is 3.05. The Kier molecular flexibility index (Phi) is 6.10. The van der Waals surface area contributed by atoms with Crippen LogP contribution in [0.15, 0.2) is 51.8 Å². The number of hydrogen-bond donors (Lipinski definition) is 1. The lowest BCUT2D eigenvalue weighted by Gasteiger charge is -2.16. The second kappa shape index (κ2) is 8.97. The van der Waals surface area contributed by atoms with Gasteiger partial charge in [-0.1, -0.05) is 18.4 Å². The number of sulfonamides is 1. The molecule has 168 valence electrons. The van der Waals surface area contributed by atoms with E-state index in [4.69, 9.17) is 13.9 Å². The topological polar surface area (TPSA) is 124 Å². The first-order valence-corrected chi connectivity index (χ1v) is 11.4. The maximum absolute atomic E-state index is 12.6. The molecule has 11 heteroatoms. The van der Waals surface area contributed by atoms with Crippen LogP contribution in [0.3, 0.4) is 0 Å². The third kappa shape index (κ3) is 4.43. The molecule has 4 rings (SSSR count). The fourth-order valence-corrected chi connectivity index (χ4v) is 4.26. The van der Waals surface area contributed by atoms with E-state index in [2.05, 4.69) is 15.5 Å². The molecule has 0 radical (unpaired) electrons. The molecule has 32 heavy (non-hydrogen) atoms. The van der Waals surface area contributed by atoms with Gasteiger partial charge < -0.3 is 13.9 Å². The molecule has 1 aromatic heterocycles. The van der Waals surface area contributed by atoms with Gasteiger partial charge in [-0.05, 0) is 48.9 Å². The summed E-state index contributed by atoms with van der Waals surface area (Å²) in [5.41, 5.74) is 0.868. The van der Waals surface area contributed by atoms with Gasteiger partial charge in [0.2, 0.25) is 22.7 Å². The van der Waals surface area contributed by atoms with Crippen molar-refractivity contribution in [3.05, 3.63) is 48.0 Å². The van der Waals surface area contributed by atoms with Gasteiger partial charge in [0.15, 0.2) is 11.5 Å². The van der Waals surface area contributed by atoms with Gasteiger partial charge >= 0.3 is 6.01 Å². The number of nitrogens with zero attached hydrogens (tertiary/aromatic N) is 3. The van der Waals surface area contributed by atoms with Crippen LogP contribution < -0.4 is 14.8 Å². The van der Waals surface area contributed by atoms with Crippen LogP contribution in [0.4, 0.5) is 6.01 Å². The van der Waals surface area contributed by atoms with Crippen molar-refractivity contribution in [3.63, 3.8) is 0 Å². The van der Waals surface area contributed by atoms with Crippen molar-refractivity contribution in [3.8, 4) is 23.0 Å². The number of anilines is 1. The Bertz CT molecular complexity index is 1220. The molecule has 0 saturated heterocycles. The van der Waals surface area contributed by atoms with Crippen molar-refractivity contribution < 1.29 is 27.1 Å². The number of fused-ring (bicyclic) bond motifs is 1. The van der Waals surface area contributed by atoms with Crippen LogP contribution in [-0.2, 0) is 10.0 Å². The van der Waals surface area contributed by atoms with Crippen molar-refractivity contribution >= 4 is 21.9 Å². The number of benzene rings is 2. The molecule has 1 N–H and O–H groups in total. The number of aromatic nitrogens is 2. The van der Waals surface area contributed by atoms with Gasteiger partial charge in [-0.3, -0.25) is 10.1 Å².